The maximum atomic E-state index is 13.5. The average molecular weight is 494 g/mol. The Hall–Kier alpha value is -3.06. The van der Waals surface area contributed by atoms with Gasteiger partial charge in [0.1, 0.15) is 0 Å². The molecule has 1 N–H and O–H groups in total. The SMILES string of the molecule is Cc1ccc(N=C2NC(=O)/C(=C3/C(=O)N(Cc4ccccc4Cl)c4ccccc43)S2)cc1Cl. The van der Waals surface area contributed by atoms with Crippen molar-refractivity contribution in [3.05, 3.63) is 98.4 Å². The van der Waals surface area contributed by atoms with Crippen LogP contribution in [0.1, 0.15) is 16.7 Å². The molecular formula is C25H17Cl2N3O2S. The third kappa shape index (κ3) is 4.06. The van der Waals surface area contributed by atoms with Gasteiger partial charge in [0, 0.05) is 15.6 Å². The van der Waals surface area contributed by atoms with Crippen LogP contribution >= 0.6 is 35.0 Å². The zero-order chi connectivity index (χ0) is 23.1. The molecule has 8 heteroatoms. The van der Waals surface area contributed by atoms with Crippen LogP contribution in [0.3, 0.4) is 0 Å². The molecule has 0 unspecified atom stereocenters. The molecular weight excluding hydrogens is 477 g/mol. The minimum atomic E-state index is -0.352. The van der Waals surface area contributed by atoms with Crippen molar-refractivity contribution in [1.82, 2.24) is 5.32 Å². The first kappa shape index (κ1) is 21.8. The summed E-state index contributed by atoms with van der Waals surface area (Å²) in [5, 5.41) is 4.35. The van der Waals surface area contributed by atoms with E-state index in [0.29, 0.717) is 43.5 Å². The Morgan fingerprint density at radius 1 is 0.970 bits per heavy atom. The van der Waals surface area contributed by atoms with Crippen LogP contribution in [0.25, 0.3) is 5.57 Å². The molecule has 33 heavy (non-hydrogen) atoms. The fraction of sp³-hybridized carbons (Fsp3) is 0.0800. The van der Waals surface area contributed by atoms with Gasteiger partial charge >= 0.3 is 0 Å². The number of amides is 2. The van der Waals surface area contributed by atoms with E-state index in [1.807, 2.05) is 61.5 Å². The highest BCUT2D eigenvalue weighted by atomic mass is 35.5. The number of fused-ring (bicyclic) bond motifs is 1. The smallest absolute Gasteiger partial charge is 0.264 e. The van der Waals surface area contributed by atoms with Crippen LogP contribution in [0.4, 0.5) is 11.4 Å². The molecule has 2 aliphatic rings. The second-order valence-corrected chi connectivity index (χ2v) is 9.42. The number of nitrogens with one attached hydrogen (secondary N) is 1. The number of aryl methyl sites for hydroxylation is 1. The van der Waals surface area contributed by atoms with Crippen molar-refractivity contribution in [2.45, 2.75) is 13.5 Å². The Labute approximate surface area is 205 Å². The van der Waals surface area contributed by atoms with E-state index in [1.54, 1.807) is 17.0 Å². The van der Waals surface area contributed by atoms with E-state index in [-0.39, 0.29) is 11.8 Å². The Morgan fingerprint density at radius 2 is 1.73 bits per heavy atom. The lowest BCUT2D eigenvalue weighted by molar-refractivity contribution is -0.116. The molecule has 0 atom stereocenters. The normalized spacial score (nSPS) is 18.8. The summed E-state index contributed by atoms with van der Waals surface area (Å²) in [6.07, 6.45) is 0. The van der Waals surface area contributed by atoms with Gasteiger partial charge in [-0.15, -0.1) is 0 Å². The van der Waals surface area contributed by atoms with Crippen molar-refractivity contribution < 1.29 is 9.59 Å². The summed E-state index contributed by atoms with van der Waals surface area (Å²) in [6.45, 7) is 2.22. The fourth-order valence-electron chi connectivity index (χ4n) is 3.76. The van der Waals surface area contributed by atoms with Crippen molar-refractivity contribution >= 4 is 68.9 Å². The van der Waals surface area contributed by atoms with E-state index in [1.165, 1.54) is 0 Å². The molecule has 5 rings (SSSR count). The second kappa shape index (κ2) is 8.71. The van der Waals surface area contributed by atoms with Gasteiger partial charge in [0.15, 0.2) is 5.17 Å². The van der Waals surface area contributed by atoms with Gasteiger partial charge in [-0.25, -0.2) is 4.99 Å². The van der Waals surface area contributed by atoms with Crippen LogP contribution in [0.2, 0.25) is 10.0 Å². The summed E-state index contributed by atoms with van der Waals surface area (Å²) in [7, 11) is 0. The average Bonchev–Trinajstić information content (AvgIpc) is 3.28. The number of para-hydroxylation sites is 1. The quantitative estimate of drug-likeness (QED) is 0.447. The summed E-state index contributed by atoms with van der Waals surface area (Å²) < 4.78 is 0. The highest BCUT2D eigenvalue weighted by Crippen LogP contribution is 2.43. The van der Waals surface area contributed by atoms with Gasteiger partial charge in [-0.05, 0) is 54.1 Å². The molecule has 2 heterocycles. The Bertz CT molecular complexity index is 1380. The van der Waals surface area contributed by atoms with Crippen LogP contribution in [0.5, 0.6) is 0 Å². The number of hydrogen-bond acceptors (Lipinski definition) is 4. The lowest BCUT2D eigenvalue weighted by Gasteiger charge is -2.18. The largest absolute Gasteiger partial charge is 0.303 e. The summed E-state index contributed by atoms with van der Waals surface area (Å²) in [4.78, 5) is 32.9. The maximum Gasteiger partial charge on any atom is 0.264 e. The van der Waals surface area contributed by atoms with Crippen molar-refractivity contribution in [1.29, 1.82) is 0 Å². The Kier molecular flexibility index (Phi) is 5.74. The molecule has 0 spiro atoms. The fourth-order valence-corrected chi connectivity index (χ4v) is 5.06. The first-order valence-electron chi connectivity index (χ1n) is 10.2. The Morgan fingerprint density at radius 3 is 2.52 bits per heavy atom. The minimum Gasteiger partial charge on any atom is -0.303 e. The number of hydrogen-bond donors (Lipinski definition) is 1. The van der Waals surface area contributed by atoms with Crippen molar-refractivity contribution in [3.63, 3.8) is 0 Å². The van der Waals surface area contributed by atoms with Gasteiger partial charge in [-0.1, -0.05) is 65.7 Å². The van der Waals surface area contributed by atoms with E-state index < -0.39 is 0 Å². The number of amidine groups is 1. The summed E-state index contributed by atoms with van der Waals surface area (Å²) in [6, 6.07) is 20.3. The number of anilines is 1. The number of carbonyl (C=O) groups is 2. The van der Waals surface area contributed by atoms with Gasteiger partial charge in [-0.2, -0.15) is 0 Å². The van der Waals surface area contributed by atoms with Crippen molar-refractivity contribution in [3.8, 4) is 0 Å². The van der Waals surface area contributed by atoms with Gasteiger partial charge in [0.25, 0.3) is 11.8 Å². The second-order valence-electron chi connectivity index (χ2n) is 7.61. The molecule has 1 saturated heterocycles. The molecule has 0 aliphatic carbocycles. The van der Waals surface area contributed by atoms with E-state index in [0.717, 1.165) is 28.6 Å². The predicted octanol–water partition coefficient (Wildman–Crippen LogP) is 6.11. The summed E-state index contributed by atoms with van der Waals surface area (Å²) in [5.74, 6) is -0.594. The van der Waals surface area contributed by atoms with E-state index >= 15 is 0 Å². The molecule has 2 amide bonds. The molecule has 3 aromatic carbocycles. The first-order chi connectivity index (χ1) is 15.9. The molecule has 2 aliphatic heterocycles. The lowest BCUT2D eigenvalue weighted by Crippen LogP contribution is -2.27. The van der Waals surface area contributed by atoms with E-state index in [9.17, 15) is 9.59 Å². The van der Waals surface area contributed by atoms with Crippen LogP contribution in [-0.2, 0) is 16.1 Å². The summed E-state index contributed by atoms with van der Waals surface area (Å²) in [5.41, 5.74) is 4.22. The zero-order valence-electron chi connectivity index (χ0n) is 17.4. The number of thioether (sulfide) groups is 1. The lowest BCUT2D eigenvalue weighted by atomic mass is 10.1. The molecule has 0 radical (unpaired) electrons. The number of nitrogens with zero attached hydrogens (tertiary/aromatic N) is 2. The van der Waals surface area contributed by atoms with E-state index in [4.69, 9.17) is 23.2 Å². The number of carbonyl (C=O) groups excluding carboxylic acids is 2. The zero-order valence-corrected chi connectivity index (χ0v) is 19.8. The predicted molar refractivity (Wildman–Crippen MR) is 135 cm³/mol. The van der Waals surface area contributed by atoms with Crippen LogP contribution in [0, 0.1) is 6.92 Å². The summed E-state index contributed by atoms with van der Waals surface area (Å²) >= 11 is 13.7. The monoisotopic (exact) mass is 493 g/mol. The van der Waals surface area contributed by atoms with Crippen molar-refractivity contribution in [2.24, 2.45) is 4.99 Å². The maximum absolute atomic E-state index is 13.5. The molecule has 3 aromatic rings. The topological polar surface area (TPSA) is 61.8 Å². The molecule has 164 valence electrons. The number of rotatable bonds is 3. The van der Waals surface area contributed by atoms with E-state index in [2.05, 4.69) is 10.3 Å². The standard InChI is InChI=1S/C25H17Cl2N3O2S/c1-14-10-11-16(12-19(14)27)28-25-29-23(31)22(33-25)21-17-7-3-5-9-20(17)30(24(21)32)13-15-6-2-4-8-18(15)26/h2-12H,13H2,1H3,(H,28,29,31)/b22-21-. The third-order valence-corrected chi connectivity index (χ3v) is 7.20. The highest BCUT2D eigenvalue weighted by Gasteiger charge is 2.39. The van der Waals surface area contributed by atoms with Crippen LogP contribution in [-0.4, -0.2) is 17.0 Å². The molecule has 0 bridgehead atoms. The number of aliphatic imine (C=N–C) groups is 1. The van der Waals surface area contributed by atoms with Crippen LogP contribution < -0.4 is 10.2 Å². The third-order valence-electron chi connectivity index (χ3n) is 5.45. The van der Waals surface area contributed by atoms with Gasteiger partial charge in [0.2, 0.25) is 0 Å². The molecule has 5 nitrogen and oxygen atoms in total. The van der Waals surface area contributed by atoms with Crippen molar-refractivity contribution in [2.75, 3.05) is 4.90 Å². The van der Waals surface area contributed by atoms with Crippen LogP contribution in [0.15, 0.2) is 76.6 Å². The molecule has 1 fully saturated rings. The molecule has 0 saturated carbocycles. The molecule has 0 aromatic heterocycles. The van der Waals surface area contributed by atoms with Gasteiger partial charge < -0.3 is 10.2 Å². The highest BCUT2D eigenvalue weighted by molar-refractivity contribution is 8.18. The van der Waals surface area contributed by atoms with Gasteiger partial charge in [0.05, 0.1) is 28.4 Å². The van der Waals surface area contributed by atoms with Gasteiger partial charge in [-0.3, -0.25) is 9.59 Å². The Balaban J connectivity index is 1.53. The number of halogens is 2. The first-order valence-corrected chi connectivity index (χ1v) is 11.7. The number of benzene rings is 3. The minimum absolute atomic E-state index is 0.242.